The van der Waals surface area contributed by atoms with Gasteiger partial charge in [-0.15, -0.1) is 10.8 Å². The number of fused-ring (bicyclic) bond motifs is 1. The number of hydrogen-bond acceptors (Lipinski definition) is 6. The van der Waals surface area contributed by atoms with E-state index >= 15 is 0 Å². The molecule has 0 radical (unpaired) electrons. The zero-order valence-corrected chi connectivity index (χ0v) is 21.8. The molecular weight excluding hydrogens is 478 g/mol. The predicted molar refractivity (Wildman–Crippen MR) is 140 cm³/mol. The normalized spacial score (nSPS) is 19.1. The molecule has 194 valence electrons. The molecule has 0 spiro atoms. The van der Waals surface area contributed by atoms with Crippen LogP contribution in [0.5, 0.6) is 5.75 Å². The molecule has 1 aromatic heterocycles. The van der Waals surface area contributed by atoms with E-state index in [1.54, 1.807) is 28.8 Å². The van der Waals surface area contributed by atoms with E-state index in [1.807, 2.05) is 48.9 Å². The molecule has 1 aliphatic heterocycles. The Labute approximate surface area is 214 Å². The van der Waals surface area contributed by atoms with E-state index in [2.05, 4.69) is 11.9 Å². The first-order chi connectivity index (χ1) is 17.2. The van der Waals surface area contributed by atoms with Crippen molar-refractivity contribution in [2.75, 3.05) is 6.54 Å². The largest absolute Gasteiger partial charge is 0.487 e. The van der Waals surface area contributed by atoms with Gasteiger partial charge in [0.15, 0.2) is 0 Å². The summed E-state index contributed by atoms with van der Waals surface area (Å²) in [6.45, 7) is 7.45. The molecule has 3 N–H and O–H groups in total. The number of rotatable bonds is 9. The van der Waals surface area contributed by atoms with Crippen molar-refractivity contribution >= 4 is 16.7 Å². The third-order valence-corrected chi connectivity index (χ3v) is 8.63. The average molecular weight is 514 g/mol. The highest BCUT2D eigenvalue weighted by Gasteiger charge is 2.34. The molecule has 2 aromatic carbocycles. The van der Waals surface area contributed by atoms with Crippen LogP contribution in [0.25, 0.3) is 0 Å². The van der Waals surface area contributed by atoms with Crippen LogP contribution in [0.2, 0.25) is 0 Å². The van der Waals surface area contributed by atoms with Gasteiger partial charge in [-0.2, -0.15) is 4.31 Å². The van der Waals surface area contributed by atoms with Crippen molar-refractivity contribution in [2.24, 2.45) is 0 Å². The van der Waals surface area contributed by atoms with Crippen molar-refractivity contribution in [3.8, 4) is 5.75 Å². The third-order valence-electron chi connectivity index (χ3n) is 6.71. The van der Waals surface area contributed by atoms with Gasteiger partial charge < -0.3 is 14.4 Å². The molecule has 2 unspecified atom stereocenters. The van der Waals surface area contributed by atoms with Crippen molar-refractivity contribution in [3.63, 3.8) is 0 Å². The molecule has 1 aliphatic rings. The number of nitrogens with zero attached hydrogens (tertiary/aromatic N) is 3. The van der Waals surface area contributed by atoms with Crippen molar-refractivity contribution in [2.45, 2.75) is 70.0 Å². The summed E-state index contributed by atoms with van der Waals surface area (Å²) in [5.74, 6) is -0.531. The second-order valence-corrected chi connectivity index (χ2v) is 11.4. The van der Waals surface area contributed by atoms with Gasteiger partial charge in [-0.25, -0.2) is 4.98 Å². The summed E-state index contributed by atoms with van der Waals surface area (Å²) in [6, 6.07) is 13.0. The van der Waals surface area contributed by atoms with Crippen molar-refractivity contribution < 1.29 is 23.7 Å². The Morgan fingerprint density at radius 1 is 1.25 bits per heavy atom. The zero-order chi connectivity index (χ0) is 25.9. The highest BCUT2D eigenvalue weighted by atomic mass is 32.3. The number of aliphatic carboxylic acids is 1. The first-order valence-corrected chi connectivity index (χ1v) is 13.8. The van der Waals surface area contributed by atoms with Crippen LogP contribution in [-0.4, -0.2) is 46.7 Å². The maximum Gasteiger partial charge on any atom is 0.303 e. The summed E-state index contributed by atoms with van der Waals surface area (Å²) in [5.41, 5.74) is 3.83. The van der Waals surface area contributed by atoms with E-state index in [4.69, 9.17) is 4.74 Å². The lowest BCUT2D eigenvalue weighted by Gasteiger charge is -2.42. The highest BCUT2D eigenvalue weighted by molar-refractivity contribution is 8.22. The van der Waals surface area contributed by atoms with Crippen LogP contribution in [0.3, 0.4) is 0 Å². The summed E-state index contributed by atoms with van der Waals surface area (Å²) >= 11 is 0. The van der Waals surface area contributed by atoms with Crippen LogP contribution in [0, 0.1) is 6.92 Å². The summed E-state index contributed by atoms with van der Waals surface area (Å²) in [7, 11) is -3.26. The minimum Gasteiger partial charge on any atom is -0.487 e. The first-order valence-electron chi connectivity index (χ1n) is 12.3. The van der Waals surface area contributed by atoms with Gasteiger partial charge in [0.05, 0.1) is 25.0 Å². The van der Waals surface area contributed by atoms with Gasteiger partial charge in [0.2, 0.25) is 0 Å². The Morgan fingerprint density at radius 2 is 2.03 bits per heavy atom. The van der Waals surface area contributed by atoms with Crippen molar-refractivity contribution in [1.29, 1.82) is 0 Å². The molecule has 0 amide bonds. The second-order valence-electron chi connectivity index (χ2n) is 9.43. The summed E-state index contributed by atoms with van der Waals surface area (Å²) < 4.78 is 32.2. The molecule has 0 saturated carbocycles. The standard InChI is InChI=1S/C27H35N3O5S/c1-4-29-17-24(28-18-29)12-11-22(14-27(31)32)21-10-9-19(2)23(13-21)16-30-15-20(3)35-25-7-5-6-8-26(25)36(30,33)34/h5-10,13,17-18,20,22,33-34H,4,11-12,14-16H2,1-3H3,(H,31,32). The van der Waals surface area contributed by atoms with Crippen LogP contribution in [0.1, 0.15) is 55.0 Å². The maximum atomic E-state index is 11.7. The Balaban J connectivity index is 1.59. The van der Waals surface area contributed by atoms with Gasteiger partial charge in [-0.1, -0.05) is 30.3 Å². The summed E-state index contributed by atoms with van der Waals surface area (Å²) in [6.07, 6.45) is 4.94. The molecule has 2 heterocycles. The number of aryl methyl sites for hydroxylation is 3. The molecule has 0 saturated heterocycles. The maximum absolute atomic E-state index is 11.7. The molecular formula is C27H35N3O5S. The Kier molecular flexibility index (Phi) is 8.04. The van der Waals surface area contributed by atoms with E-state index in [-0.39, 0.29) is 18.4 Å². The van der Waals surface area contributed by atoms with Gasteiger partial charge in [0.1, 0.15) is 16.7 Å². The van der Waals surface area contributed by atoms with Crippen molar-refractivity contribution in [1.82, 2.24) is 13.9 Å². The average Bonchev–Trinajstić information content (AvgIpc) is 3.27. The lowest BCUT2D eigenvalue weighted by atomic mass is 9.88. The highest BCUT2D eigenvalue weighted by Crippen LogP contribution is 2.57. The first kappa shape index (κ1) is 26.2. The van der Waals surface area contributed by atoms with E-state index in [0.29, 0.717) is 36.6 Å². The zero-order valence-electron chi connectivity index (χ0n) is 21.0. The number of para-hydroxylation sites is 1. The van der Waals surface area contributed by atoms with Gasteiger partial charge in [-0.05, 0) is 68.4 Å². The number of benzene rings is 2. The van der Waals surface area contributed by atoms with Crippen LogP contribution in [0.4, 0.5) is 0 Å². The fourth-order valence-electron chi connectivity index (χ4n) is 4.65. The second kappa shape index (κ2) is 11.0. The van der Waals surface area contributed by atoms with Crippen LogP contribution < -0.4 is 4.74 Å². The smallest absolute Gasteiger partial charge is 0.303 e. The third kappa shape index (κ3) is 5.92. The number of hydrogen-bond donors (Lipinski definition) is 3. The number of carboxylic acids is 1. The van der Waals surface area contributed by atoms with Crippen LogP contribution in [-0.2, 0) is 24.3 Å². The molecule has 8 nitrogen and oxygen atoms in total. The van der Waals surface area contributed by atoms with Gasteiger partial charge in [-0.3, -0.25) is 13.9 Å². The van der Waals surface area contributed by atoms with Gasteiger partial charge >= 0.3 is 5.97 Å². The lowest BCUT2D eigenvalue weighted by molar-refractivity contribution is -0.137. The molecule has 0 fully saturated rings. The van der Waals surface area contributed by atoms with Gasteiger partial charge in [0.25, 0.3) is 0 Å². The molecule has 0 aliphatic carbocycles. The molecule has 2 atom stereocenters. The number of ether oxygens (including phenoxy) is 1. The molecule has 36 heavy (non-hydrogen) atoms. The van der Waals surface area contributed by atoms with E-state index in [9.17, 15) is 19.0 Å². The van der Waals surface area contributed by atoms with Gasteiger partial charge in [0, 0.05) is 19.3 Å². The molecule has 3 aromatic rings. The van der Waals surface area contributed by atoms with E-state index in [1.165, 1.54) is 0 Å². The monoisotopic (exact) mass is 513 g/mol. The SMILES string of the molecule is CCn1cnc(CCC(CC(=O)O)c2ccc(C)c(CN3CC(C)Oc4ccccc4S3(O)O)c2)c1. The Hall–Kier alpha value is -2.85. The fraction of sp³-hybridized carbons (Fsp3) is 0.407. The molecule has 9 heteroatoms. The Morgan fingerprint density at radius 3 is 2.75 bits per heavy atom. The topological polar surface area (TPSA) is 108 Å². The summed E-state index contributed by atoms with van der Waals surface area (Å²) in [4.78, 5) is 16.5. The number of carboxylic acid groups (broad SMARTS) is 1. The van der Waals surface area contributed by atoms with Crippen molar-refractivity contribution in [3.05, 3.63) is 77.4 Å². The lowest BCUT2D eigenvalue weighted by Crippen LogP contribution is -2.33. The molecule has 4 rings (SSSR count). The Bertz CT molecular complexity index is 1210. The number of carbonyl (C=O) groups is 1. The number of imidazole rings is 1. The van der Waals surface area contributed by atoms with Crippen LogP contribution in [0.15, 0.2) is 59.9 Å². The quantitative estimate of drug-likeness (QED) is 0.336. The summed E-state index contributed by atoms with van der Waals surface area (Å²) in [5, 5.41) is 9.59. The van der Waals surface area contributed by atoms with E-state index < -0.39 is 16.7 Å². The van der Waals surface area contributed by atoms with E-state index in [0.717, 1.165) is 28.9 Å². The minimum atomic E-state index is -3.26. The molecule has 0 bridgehead atoms. The predicted octanol–water partition coefficient (Wildman–Crippen LogP) is 5.71. The minimum absolute atomic E-state index is 0.0220. The number of aromatic nitrogens is 2. The van der Waals surface area contributed by atoms with Crippen LogP contribution >= 0.6 is 10.8 Å². The fourth-order valence-corrected chi connectivity index (χ4v) is 6.31.